The molecule has 2 rings (SSSR count). The Hall–Kier alpha value is -1.16. The lowest BCUT2D eigenvalue weighted by molar-refractivity contribution is -0.359. The van der Waals surface area contributed by atoms with Crippen LogP contribution in [0.15, 0.2) is 0 Å². The number of aliphatic carboxylic acids is 1. The summed E-state index contributed by atoms with van der Waals surface area (Å²) in [6, 6.07) is -2.07. The molecule has 0 unspecified atom stereocenters. The molecule has 2 aliphatic heterocycles. The molecule has 20 nitrogen and oxygen atoms in total. The van der Waals surface area contributed by atoms with E-state index in [-0.39, 0.29) is 0 Å². The topological polar surface area (TPSA) is 331 Å². The number of rotatable bonds is 10. The van der Waals surface area contributed by atoms with Crippen molar-refractivity contribution in [1.29, 1.82) is 0 Å². The van der Waals surface area contributed by atoms with Crippen molar-refractivity contribution < 1.29 is 86.7 Å². The van der Waals surface area contributed by atoms with E-state index in [0.29, 0.717) is 0 Å². The van der Waals surface area contributed by atoms with Crippen LogP contribution in [0.5, 0.6) is 0 Å². The second-order valence-corrected chi connectivity index (χ2v) is 10.3. The average molecular weight is 575 g/mol. The minimum atomic E-state index is -5.63. The van der Waals surface area contributed by atoms with E-state index in [2.05, 4.69) is 13.1 Å². The van der Waals surface area contributed by atoms with Crippen LogP contribution in [-0.4, -0.2) is 122 Å². The highest BCUT2D eigenvalue weighted by Crippen LogP contribution is 2.30. The molecule has 0 aromatic heterocycles. The average Bonchev–Trinajstić information content (AvgIpc) is 2.65. The number of carbonyl (C=O) groups is 1. The molecule has 4 N–H and O–H groups in total. The number of carboxylic acids is 1. The van der Waals surface area contributed by atoms with Gasteiger partial charge in [0.2, 0.25) is 20.8 Å². The van der Waals surface area contributed by atoms with E-state index < -0.39 is 105 Å². The van der Waals surface area contributed by atoms with Crippen molar-refractivity contribution in [3.05, 3.63) is 0 Å². The van der Waals surface area contributed by atoms with Gasteiger partial charge in [0, 0.05) is 6.42 Å². The quantitative estimate of drug-likeness (QED) is 0.139. The Bertz CT molecular complexity index is 1070. The lowest BCUT2D eigenvalue weighted by atomic mass is 9.97. The van der Waals surface area contributed by atoms with E-state index in [4.69, 9.17) is 9.47 Å². The van der Waals surface area contributed by atoms with Crippen LogP contribution in [0.3, 0.4) is 0 Å². The SMILES string of the molecule is O=C([O-])[C@H]1O[C@@H](O)[C@@H](OS(=O)(=O)[O-])[C@H](O)[C@H]1O[C@@H]1O[C@@H](COS(=O)(=O)[O-])C[C@@H](O)[C@@H]1NS(=O)(=O)[O-]. The maximum atomic E-state index is 11.4. The fourth-order valence-corrected chi connectivity index (χ4v) is 4.59. The van der Waals surface area contributed by atoms with Gasteiger partial charge in [0.05, 0.1) is 30.8 Å². The van der Waals surface area contributed by atoms with Gasteiger partial charge in [-0.15, -0.1) is 0 Å². The number of hydrogen-bond donors (Lipinski definition) is 4. The maximum Gasteiger partial charge on any atom is 0.218 e. The summed E-state index contributed by atoms with van der Waals surface area (Å²) < 4.78 is 122. The number of carbonyl (C=O) groups excluding carboxylic acids is 1. The zero-order valence-electron chi connectivity index (χ0n) is 16.7. The number of aliphatic hydroxyl groups is 3. The molecule has 2 saturated heterocycles. The zero-order valence-corrected chi connectivity index (χ0v) is 19.2. The Kier molecular flexibility index (Phi) is 9.51. The third kappa shape index (κ3) is 9.02. The molecule has 23 heteroatoms. The van der Waals surface area contributed by atoms with Crippen LogP contribution >= 0.6 is 0 Å². The maximum absolute atomic E-state index is 11.4. The lowest BCUT2D eigenvalue weighted by Crippen LogP contribution is -2.67. The predicted octanol–water partition coefficient (Wildman–Crippen LogP) is -7.58. The van der Waals surface area contributed by atoms with Crippen LogP contribution in [0.1, 0.15) is 6.42 Å². The van der Waals surface area contributed by atoms with Crippen molar-refractivity contribution in [2.24, 2.45) is 0 Å². The van der Waals surface area contributed by atoms with E-state index in [0.717, 1.165) is 0 Å². The van der Waals surface area contributed by atoms with Crippen LogP contribution in [0, 0.1) is 0 Å². The fraction of sp³-hybridized carbons (Fsp3) is 0.917. The Morgan fingerprint density at radius 2 is 1.57 bits per heavy atom. The molecule has 0 aliphatic carbocycles. The molecule has 0 aromatic carbocycles. The van der Waals surface area contributed by atoms with Crippen molar-refractivity contribution in [3.63, 3.8) is 0 Å². The molecule has 2 aliphatic rings. The summed E-state index contributed by atoms with van der Waals surface area (Å²) in [5, 5.41) is 41.7. The fourth-order valence-electron chi connectivity index (χ4n) is 3.19. The molecule has 0 radical (unpaired) electrons. The van der Waals surface area contributed by atoms with Gasteiger partial charge in [-0.2, -0.15) is 0 Å². The van der Waals surface area contributed by atoms with Crippen LogP contribution in [-0.2, 0) is 58.5 Å². The van der Waals surface area contributed by atoms with E-state index >= 15 is 0 Å². The zero-order chi connectivity index (χ0) is 26.9. The highest BCUT2D eigenvalue weighted by atomic mass is 32.3. The lowest BCUT2D eigenvalue weighted by Gasteiger charge is -2.46. The standard InChI is InChI=1S/C12H21NO19S3/c14-4-1-3(2-28-34(22,23)24)29-12(5(4)13-33(19,20)21)31-7-6(15)8(32-35(25,26)27)11(18)30-9(7)10(16)17/h3-9,11-15,18H,1-2H2,(H,16,17)(H,19,20,21)(H,22,23,24)(H,25,26,27)/p-4/t3-,4-,5+,6-,7-,8+,9+,11-,12+/m1/s1. The largest absolute Gasteiger partial charge is 0.735 e. The molecule has 206 valence electrons. The molecular formula is C12H17NO19S3-4. The molecule has 0 saturated carbocycles. The highest BCUT2D eigenvalue weighted by Gasteiger charge is 2.51. The highest BCUT2D eigenvalue weighted by molar-refractivity contribution is 7.83. The van der Waals surface area contributed by atoms with Crippen LogP contribution in [0.25, 0.3) is 0 Å². The van der Waals surface area contributed by atoms with Gasteiger partial charge in [0.15, 0.2) is 29.0 Å². The van der Waals surface area contributed by atoms with Crippen molar-refractivity contribution in [2.75, 3.05) is 6.61 Å². The number of nitrogens with one attached hydrogen (secondary N) is 1. The first-order chi connectivity index (χ1) is 15.8. The van der Waals surface area contributed by atoms with Gasteiger partial charge in [-0.05, 0) is 0 Å². The van der Waals surface area contributed by atoms with E-state index in [9.17, 15) is 64.1 Å². The third-order valence-electron chi connectivity index (χ3n) is 4.51. The second-order valence-electron chi connectivity index (χ2n) is 7.05. The first-order valence-corrected chi connectivity index (χ1v) is 13.0. The van der Waals surface area contributed by atoms with Gasteiger partial charge >= 0.3 is 0 Å². The van der Waals surface area contributed by atoms with Crippen molar-refractivity contribution >= 4 is 37.1 Å². The molecule has 35 heavy (non-hydrogen) atoms. The van der Waals surface area contributed by atoms with Gasteiger partial charge < -0.3 is 53.1 Å². The molecule has 0 bridgehead atoms. The van der Waals surface area contributed by atoms with Gasteiger partial charge in [0.25, 0.3) is 0 Å². The molecule has 0 amide bonds. The minimum absolute atomic E-state index is 0.672. The van der Waals surface area contributed by atoms with E-state index in [1.165, 1.54) is 4.72 Å². The van der Waals surface area contributed by atoms with Crippen molar-refractivity contribution in [2.45, 2.75) is 61.7 Å². The summed E-state index contributed by atoms with van der Waals surface area (Å²) in [5.74, 6) is -2.20. The molecular weight excluding hydrogens is 558 g/mol. The van der Waals surface area contributed by atoms with E-state index in [1.807, 2.05) is 0 Å². The van der Waals surface area contributed by atoms with Crippen molar-refractivity contribution in [1.82, 2.24) is 4.72 Å². The number of hydrogen-bond acceptors (Lipinski definition) is 19. The normalized spacial score (nSPS) is 37.1. The van der Waals surface area contributed by atoms with Gasteiger partial charge in [-0.1, -0.05) is 0 Å². The Balaban J connectivity index is 2.38. The Labute approximate surface area is 197 Å². The monoisotopic (exact) mass is 575 g/mol. The summed E-state index contributed by atoms with van der Waals surface area (Å²) in [4.78, 5) is 11.4. The summed E-state index contributed by atoms with van der Waals surface area (Å²) >= 11 is 0. The molecule has 2 fully saturated rings. The van der Waals surface area contributed by atoms with Crippen LogP contribution in [0.2, 0.25) is 0 Å². The van der Waals surface area contributed by atoms with E-state index in [1.54, 1.807) is 0 Å². The molecule has 9 atom stereocenters. The summed E-state index contributed by atoms with van der Waals surface area (Å²) in [6.07, 6.45) is -18.9. The first kappa shape index (κ1) is 30.1. The third-order valence-corrected chi connectivity index (χ3v) is 5.95. The van der Waals surface area contributed by atoms with Gasteiger partial charge in [-0.3, -0.25) is 8.37 Å². The molecule has 0 spiro atoms. The summed E-state index contributed by atoms with van der Waals surface area (Å²) in [5.41, 5.74) is 0. The number of carboxylic acid groups (broad SMARTS) is 1. The summed E-state index contributed by atoms with van der Waals surface area (Å²) in [7, 11) is -16.3. The first-order valence-electron chi connectivity index (χ1n) is 8.96. The van der Waals surface area contributed by atoms with Gasteiger partial charge in [0.1, 0.15) is 18.3 Å². The Morgan fingerprint density at radius 1 is 0.971 bits per heavy atom. The Morgan fingerprint density at radius 3 is 2.06 bits per heavy atom. The molecule has 2 heterocycles. The predicted molar refractivity (Wildman–Crippen MR) is 92.9 cm³/mol. The molecule has 0 aromatic rings. The second kappa shape index (κ2) is 11.1. The smallest absolute Gasteiger partial charge is 0.218 e. The van der Waals surface area contributed by atoms with Crippen LogP contribution in [0.4, 0.5) is 0 Å². The number of ether oxygens (including phenoxy) is 3. The van der Waals surface area contributed by atoms with Crippen LogP contribution < -0.4 is 9.83 Å². The van der Waals surface area contributed by atoms with Gasteiger partial charge in [-0.25, -0.2) is 30.0 Å². The number of aliphatic hydroxyl groups excluding tert-OH is 3. The van der Waals surface area contributed by atoms with Crippen molar-refractivity contribution in [3.8, 4) is 0 Å². The summed E-state index contributed by atoms with van der Waals surface area (Å²) in [6.45, 7) is -1.08. The minimum Gasteiger partial charge on any atom is -0.735 e.